The maximum Gasteiger partial charge on any atom is 0.256 e. The lowest BCUT2D eigenvalue weighted by molar-refractivity contribution is -0.136. The third-order valence-electron chi connectivity index (χ3n) is 5.22. The van der Waals surface area contributed by atoms with Crippen molar-refractivity contribution in [2.24, 2.45) is 0 Å². The third-order valence-corrected chi connectivity index (χ3v) is 5.22. The van der Waals surface area contributed by atoms with Crippen molar-refractivity contribution in [1.29, 1.82) is 0 Å². The Hall–Kier alpha value is -1.55. The molecule has 0 spiro atoms. The van der Waals surface area contributed by atoms with Gasteiger partial charge in [-0.1, -0.05) is 26.2 Å². The molecule has 1 aromatic rings. The van der Waals surface area contributed by atoms with E-state index in [2.05, 4.69) is 12.2 Å². The summed E-state index contributed by atoms with van der Waals surface area (Å²) in [7, 11) is 1.61. The molecule has 25 heavy (non-hydrogen) atoms. The molecule has 0 heterocycles. The topological polar surface area (TPSA) is 47.6 Å². The van der Waals surface area contributed by atoms with Crippen molar-refractivity contribution in [2.75, 3.05) is 12.4 Å². The number of methoxy groups -OCH3 is 1. The number of amides is 1. The molecule has 1 fully saturated rings. The van der Waals surface area contributed by atoms with Gasteiger partial charge in [0.05, 0.1) is 6.10 Å². The summed E-state index contributed by atoms with van der Waals surface area (Å²) in [6, 6.07) is 5.85. The fourth-order valence-corrected chi connectivity index (χ4v) is 3.33. The van der Waals surface area contributed by atoms with Crippen molar-refractivity contribution in [3.63, 3.8) is 0 Å². The van der Waals surface area contributed by atoms with E-state index in [1.165, 1.54) is 12.8 Å². The number of carbonyl (C=O) groups excluding carboxylic acids is 1. The molecule has 140 valence electrons. The molecule has 4 nitrogen and oxygen atoms in total. The first kappa shape index (κ1) is 19.8. The van der Waals surface area contributed by atoms with E-state index < -0.39 is 5.60 Å². The molecule has 0 aromatic heterocycles. The molecule has 0 saturated heterocycles. The SMILES string of the molecule is CCCCC[C@](C)(OC)C(=O)Nc1ccc(OC2CCCC2)c(C)c1. The fourth-order valence-electron chi connectivity index (χ4n) is 3.33. The summed E-state index contributed by atoms with van der Waals surface area (Å²) in [5.41, 5.74) is 1.05. The lowest BCUT2D eigenvalue weighted by Gasteiger charge is -2.27. The van der Waals surface area contributed by atoms with Gasteiger partial charge in [-0.15, -0.1) is 0 Å². The molecule has 1 atom stereocenters. The quantitative estimate of drug-likeness (QED) is 0.621. The number of benzene rings is 1. The van der Waals surface area contributed by atoms with E-state index in [9.17, 15) is 4.79 Å². The van der Waals surface area contributed by atoms with Crippen LogP contribution in [0.4, 0.5) is 5.69 Å². The molecule has 1 aliphatic carbocycles. The van der Waals surface area contributed by atoms with Crippen LogP contribution >= 0.6 is 0 Å². The summed E-state index contributed by atoms with van der Waals surface area (Å²) in [4.78, 5) is 12.7. The first-order chi connectivity index (χ1) is 12.0. The van der Waals surface area contributed by atoms with E-state index in [4.69, 9.17) is 9.47 Å². The Morgan fingerprint density at radius 1 is 1.28 bits per heavy atom. The molecular weight excluding hydrogens is 314 g/mol. The second kappa shape index (κ2) is 9.23. The third kappa shape index (κ3) is 5.46. The lowest BCUT2D eigenvalue weighted by Crippen LogP contribution is -2.42. The Balaban J connectivity index is 1.98. The van der Waals surface area contributed by atoms with Crippen molar-refractivity contribution >= 4 is 11.6 Å². The molecule has 1 aromatic carbocycles. The Labute approximate surface area is 152 Å². The highest BCUT2D eigenvalue weighted by Crippen LogP contribution is 2.29. The van der Waals surface area contributed by atoms with Crippen LogP contribution in [-0.2, 0) is 9.53 Å². The van der Waals surface area contributed by atoms with Gasteiger partial charge in [-0.25, -0.2) is 0 Å². The summed E-state index contributed by atoms with van der Waals surface area (Å²) in [6.45, 7) is 6.04. The second-order valence-electron chi connectivity index (χ2n) is 7.35. The predicted molar refractivity (Wildman–Crippen MR) is 102 cm³/mol. The van der Waals surface area contributed by atoms with Gasteiger partial charge in [-0.2, -0.15) is 0 Å². The van der Waals surface area contributed by atoms with E-state index in [0.717, 1.165) is 55.5 Å². The van der Waals surface area contributed by atoms with Gasteiger partial charge in [0, 0.05) is 12.8 Å². The molecule has 1 amide bonds. The second-order valence-corrected chi connectivity index (χ2v) is 7.35. The highest BCUT2D eigenvalue weighted by atomic mass is 16.5. The van der Waals surface area contributed by atoms with Crippen LogP contribution in [0.3, 0.4) is 0 Å². The number of rotatable bonds is 9. The Bertz CT molecular complexity index is 566. The molecule has 0 unspecified atom stereocenters. The molecule has 1 N–H and O–H groups in total. The van der Waals surface area contributed by atoms with E-state index in [1.807, 2.05) is 32.0 Å². The minimum Gasteiger partial charge on any atom is -0.490 e. The van der Waals surface area contributed by atoms with Crippen molar-refractivity contribution in [2.45, 2.75) is 83.8 Å². The Morgan fingerprint density at radius 2 is 2.00 bits per heavy atom. The van der Waals surface area contributed by atoms with Gasteiger partial charge in [-0.05, 0) is 69.7 Å². The van der Waals surface area contributed by atoms with Crippen LogP contribution in [0.15, 0.2) is 18.2 Å². The van der Waals surface area contributed by atoms with Crippen LogP contribution in [0, 0.1) is 6.92 Å². The smallest absolute Gasteiger partial charge is 0.256 e. The first-order valence-corrected chi connectivity index (χ1v) is 9.62. The maximum atomic E-state index is 12.7. The van der Waals surface area contributed by atoms with Gasteiger partial charge in [0.15, 0.2) is 0 Å². The monoisotopic (exact) mass is 347 g/mol. The van der Waals surface area contributed by atoms with E-state index in [1.54, 1.807) is 7.11 Å². The zero-order valence-electron chi connectivity index (χ0n) is 16.2. The van der Waals surface area contributed by atoms with Crippen LogP contribution in [0.1, 0.15) is 70.8 Å². The van der Waals surface area contributed by atoms with Crippen molar-refractivity contribution in [3.8, 4) is 5.75 Å². The number of carbonyl (C=O) groups is 1. The summed E-state index contributed by atoms with van der Waals surface area (Å²) >= 11 is 0. The number of anilines is 1. The Kier molecular flexibility index (Phi) is 7.30. The maximum absolute atomic E-state index is 12.7. The molecule has 0 aliphatic heterocycles. The van der Waals surface area contributed by atoms with Crippen molar-refractivity contribution in [3.05, 3.63) is 23.8 Å². The largest absolute Gasteiger partial charge is 0.490 e. The molecule has 0 radical (unpaired) electrons. The average Bonchev–Trinajstić information content (AvgIpc) is 3.10. The number of aryl methyl sites for hydroxylation is 1. The lowest BCUT2D eigenvalue weighted by atomic mass is 9.97. The molecule has 1 aliphatic rings. The number of ether oxygens (including phenoxy) is 2. The summed E-state index contributed by atoms with van der Waals surface area (Å²) in [6.07, 6.45) is 9.09. The van der Waals surface area contributed by atoms with Crippen molar-refractivity contribution < 1.29 is 14.3 Å². The number of hydrogen-bond donors (Lipinski definition) is 1. The molecule has 1 saturated carbocycles. The van der Waals surface area contributed by atoms with Crippen LogP contribution in [0.25, 0.3) is 0 Å². The van der Waals surface area contributed by atoms with Gasteiger partial charge >= 0.3 is 0 Å². The molecule has 4 heteroatoms. The minimum atomic E-state index is -0.790. The molecular formula is C21H33NO3. The van der Waals surface area contributed by atoms with Gasteiger partial charge in [0.2, 0.25) is 0 Å². The zero-order valence-corrected chi connectivity index (χ0v) is 16.2. The van der Waals surface area contributed by atoms with Gasteiger partial charge < -0.3 is 14.8 Å². The predicted octanol–water partition coefficient (Wildman–Crippen LogP) is 5.24. The van der Waals surface area contributed by atoms with Crippen molar-refractivity contribution in [1.82, 2.24) is 0 Å². The van der Waals surface area contributed by atoms with E-state index >= 15 is 0 Å². The van der Waals surface area contributed by atoms with E-state index in [-0.39, 0.29) is 5.91 Å². The minimum absolute atomic E-state index is 0.0880. The molecule has 2 rings (SSSR count). The summed E-state index contributed by atoms with van der Waals surface area (Å²) < 4.78 is 11.6. The van der Waals surface area contributed by atoms with Crippen LogP contribution in [0.5, 0.6) is 5.75 Å². The van der Waals surface area contributed by atoms with Gasteiger partial charge in [-0.3, -0.25) is 4.79 Å². The number of hydrogen-bond acceptors (Lipinski definition) is 3. The number of nitrogens with one attached hydrogen (secondary N) is 1. The highest BCUT2D eigenvalue weighted by molar-refractivity contribution is 5.97. The van der Waals surface area contributed by atoms with Gasteiger partial charge in [0.25, 0.3) is 5.91 Å². The van der Waals surface area contributed by atoms with Crippen LogP contribution in [0.2, 0.25) is 0 Å². The van der Waals surface area contributed by atoms with E-state index in [0.29, 0.717) is 6.10 Å². The van der Waals surface area contributed by atoms with Crippen LogP contribution < -0.4 is 10.1 Å². The fraction of sp³-hybridized carbons (Fsp3) is 0.667. The van der Waals surface area contributed by atoms with Crippen LogP contribution in [-0.4, -0.2) is 24.7 Å². The summed E-state index contributed by atoms with van der Waals surface area (Å²) in [5, 5.41) is 3.00. The van der Waals surface area contributed by atoms with Gasteiger partial charge in [0.1, 0.15) is 11.4 Å². The normalized spacial score (nSPS) is 17.3. The highest BCUT2D eigenvalue weighted by Gasteiger charge is 2.32. The molecule has 0 bridgehead atoms. The standard InChI is InChI=1S/C21H33NO3/c1-5-6-9-14-21(3,24-4)20(23)22-17-12-13-19(16(2)15-17)25-18-10-7-8-11-18/h12-13,15,18H,5-11,14H2,1-4H3,(H,22,23)/t21-/m0/s1. The average molecular weight is 347 g/mol. The summed E-state index contributed by atoms with van der Waals surface area (Å²) in [5.74, 6) is 0.831. The first-order valence-electron chi connectivity index (χ1n) is 9.62. The number of unbranched alkanes of at least 4 members (excludes halogenated alkanes) is 2. The Morgan fingerprint density at radius 3 is 2.60 bits per heavy atom. The zero-order chi connectivity index (χ0) is 18.3.